The van der Waals surface area contributed by atoms with Gasteiger partial charge < -0.3 is 15.0 Å². The number of rotatable bonds is 7. The third-order valence-electron chi connectivity index (χ3n) is 8.69. The number of nitrogens with zero attached hydrogens (tertiary/aromatic N) is 4. The quantitative estimate of drug-likeness (QED) is 0.313. The summed E-state index contributed by atoms with van der Waals surface area (Å²) in [5, 5.41) is 8.83. The fourth-order valence-electron chi connectivity index (χ4n) is 6.08. The molecule has 2 fully saturated rings. The number of aromatic nitrogens is 2. The fourth-order valence-corrected chi connectivity index (χ4v) is 6.08. The molecule has 6 rings (SSSR count). The molecule has 4 aromatic rings. The number of ether oxygens (including phenoxy) is 1. The lowest BCUT2D eigenvalue weighted by atomic mass is 9.92. The molecule has 2 aliphatic rings. The van der Waals surface area contributed by atoms with Gasteiger partial charge in [-0.3, -0.25) is 14.4 Å². The maximum absolute atomic E-state index is 12.7. The van der Waals surface area contributed by atoms with Crippen molar-refractivity contribution in [2.24, 2.45) is 7.05 Å². The Morgan fingerprint density at radius 1 is 1.00 bits per heavy atom. The summed E-state index contributed by atoms with van der Waals surface area (Å²) < 4.78 is 8.09. The summed E-state index contributed by atoms with van der Waals surface area (Å²) in [5.41, 5.74) is 7.71. The van der Waals surface area contributed by atoms with E-state index < -0.39 is 0 Å². The number of piperidine rings is 1. The highest BCUT2D eigenvalue weighted by molar-refractivity contribution is 5.97. The number of para-hydroxylation sites is 1. The van der Waals surface area contributed by atoms with Gasteiger partial charge in [-0.15, -0.1) is 0 Å². The number of nitrogens with one attached hydrogen (secondary N) is 1. The lowest BCUT2D eigenvalue weighted by Gasteiger charge is -2.36. The van der Waals surface area contributed by atoms with Crippen molar-refractivity contribution in [3.05, 3.63) is 95.3 Å². The number of carbonyl (C=O) groups excluding carboxylic acids is 1. The highest BCUT2D eigenvalue weighted by Crippen LogP contribution is 2.36. The molecule has 1 atom stereocenters. The summed E-state index contributed by atoms with van der Waals surface area (Å²) in [4.78, 5) is 17.7. The molecule has 1 aromatic heterocycles. The number of fused-ring (bicyclic) bond motifs is 1. The van der Waals surface area contributed by atoms with Crippen molar-refractivity contribution in [1.82, 2.24) is 20.0 Å². The van der Waals surface area contributed by atoms with E-state index in [2.05, 4.69) is 84.1 Å². The second-order valence-electron chi connectivity index (χ2n) is 11.4. The van der Waals surface area contributed by atoms with Gasteiger partial charge in [-0.2, -0.15) is 5.10 Å². The van der Waals surface area contributed by atoms with Gasteiger partial charge in [0, 0.05) is 50.9 Å². The number of hydrogen-bond acceptors (Lipinski definition) is 5. The SMILES string of the molecule is C=C1CCC(c2nn(C)c3c(N4CCN(CCc5ccc(Oc6cccc(C)c6C)cc5)CC4)cccc23)C(=O)N1. The van der Waals surface area contributed by atoms with Crippen LogP contribution in [-0.4, -0.2) is 53.3 Å². The monoisotopic (exact) mass is 549 g/mol. The Hall–Kier alpha value is -4.10. The fraction of sp³-hybridized carbons (Fsp3) is 0.353. The number of carbonyl (C=O) groups is 1. The van der Waals surface area contributed by atoms with Gasteiger partial charge >= 0.3 is 0 Å². The topological polar surface area (TPSA) is 62.6 Å². The average Bonchev–Trinajstić information content (AvgIpc) is 3.31. The summed E-state index contributed by atoms with van der Waals surface area (Å²) in [6, 6.07) is 21.1. The Labute approximate surface area is 242 Å². The maximum Gasteiger partial charge on any atom is 0.233 e. The number of amides is 1. The largest absolute Gasteiger partial charge is 0.457 e. The van der Waals surface area contributed by atoms with E-state index in [-0.39, 0.29) is 11.8 Å². The molecule has 0 radical (unpaired) electrons. The molecule has 0 aliphatic carbocycles. The zero-order valence-electron chi connectivity index (χ0n) is 24.3. The van der Waals surface area contributed by atoms with Gasteiger partial charge in [0.1, 0.15) is 11.5 Å². The number of piperazine rings is 1. The molecular weight excluding hydrogens is 510 g/mol. The first-order chi connectivity index (χ1) is 19.9. The molecule has 0 spiro atoms. The highest BCUT2D eigenvalue weighted by Gasteiger charge is 2.31. The van der Waals surface area contributed by atoms with E-state index in [1.54, 1.807) is 0 Å². The summed E-state index contributed by atoms with van der Waals surface area (Å²) >= 11 is 0. The van der Waals surface area contributed by atoms with Crippen LogP contribution in [0.2, 0.25) is 0 Å². The highest BCUT2D eigenvalue weighted by atomic mass is 16.5. The van der Waals surface area contributed by atoms with Crippen molar-refractivity contribution in [2.45, 2.75) is 39.0 Å². The van der Waals surface area contributed by atoms with Gasteiger partial charge in [-0.25, -0.2) is 0 Å². The van der Waals surface area contributed by atoms with Gasteiger partial charge in [-0.1, -0.05) is 43.0 Å². The van der Waals surface area contributed by atoms with E-state index in [1.807, 2.05) is 23.9 Å². The standard InChI is InChI=1S/C34H39N5O2/c1-23-7-5-10-31(25(23)3)41-27-14-12-26(13-15-27)17-18-38-19-21-39(22-20-38)30-9-6-8-28-32(36-37(4)33(28)30)29-16-11-24(2)35-34(29)40/h5-10,12-15,29H,2,11,16-22H2,1,3-4H3,(H,35,40). The van der Waals surface area contributed by atoms with Crippen LogP contribution in [0, 0.1) is 13.8 Å². The summed E-state index contributed by atoms with van der Waals surface area (Å²) in [5.74, 6) is 1.56. The van der Waals surface area contributed by atoms with Crippen LogP contribution in [0.3, 0.4) is 0 Å². The summed E-state index contributed by atoms with van der Waals surface area (Å²) in [6.45, 7) is 13.1. The number of anilines is 1. The molecule has 3 heterocycles. The predicted octanol–water partition coefficient (Wildman–Crippen LogP) is 5.85. The van der Waals surface area contributed by atoms with E-state index in [0.29, 0.717) is 0 Å². The second-order valence-corrected chi connectivity index (χ2v) is 11.4. The summed E-state index contributed by atoms with van der Waals surface area (Å²) in [7, 11) is 1.99. The first kappa shape index (κ1) is 27.1. The number of allylic oxidation sites excluding steroid dienone is 1. The minimum Gasteiger partial charge on any atom is -0.457 e. The Morgan fingerprint density at radius 2 is 1.76 bits per heavy atom. The van der Waals surface area contributed by atoms with Crippen LogP contribution in [0.15, 0.2) is 72.9 Å². The molecule has 7 nitrogen and oxygen atoms in total. The average molecular weight is 550 g/mol. The molecule has 0 saturated carbocycles. The van der Waals surface area contributed by atoms with Crippen molar-refractivity contribution < 1.29 is 9.53 Å². The van der Waals surface area contributed by atoms with E-state index in [0.717, 1.165) is 85.8 Å². The molecule has 41 heavy (non-hydrogen) atoms. The molecule has 7 heteroatoms. The van der Waals surface area contributed by atoms with Crippen LogP contribution in [0.1, 0.15) is 41.1 Å². The molecule has 1 amide bonds. The van der Waals surface area contributed by atoms with E-state index >= 15 is 0 Å². The molecule has 2 aliphatic heterocycles. The predicted molar refractivity (Wildman–Crippen MR) is 165 cm³/mol. The Kier molecular flexibility index (Phi) is 7.54. The molecule has 3 aromatic carbocycles. The Bertz CT molecular complexity index is 1580. The van der Waals surface area contributed by atoms with Gasteiger partial charge in [-0.05, 0) is 74.1 Å². The van der Waals surface area contributed by atoms with Gasteiger partial charge in [0.2, 0.25) is 5.91 Å². The Balaban J connectivity index is 1.06. The van der Waals surface area contributed by atoms with Crippen LogP contribution >= 0.6 is 0 Å². The first-order valence-electron chi connectivity index (χ1n) is 14.6. The van der Waals surface area contributed by atoms with E-state index in [4.69, 9.17) is 9.84 Å². The van der Waals surface area contributed by atoms with E-state index in [9.17, 15) is 4.79 Å². The van der Waals surface area contributed by atoms with Gasteiger partial charge in [0.05, 0.1) is 22.8 Å². The van der Waals surface area contributed by atoms with Crippen LogP contribution in [0.5, 0.6) is 11.5 Å². The third kappa shape index (κ3) is 5.59. The number of aryl methyl sites for hydroxylation is 2. The van der Waals surface area contributed by atoms with Crippen LogP contribution in [0.25, 0.3) is 10.9 Å². The zero-order valence-corrected chi connectivity index (χ0v) is 24.3. The normalized spacial score (nSPS) is 18.1. The van der Waals surface area contributed by atoms with Crippen molar-refractivity contribution in [3.63, 3.8) is 0 Å². The minimum atomic E-state index is -0.233. The van der Waals surface area contributed by atoms with Crippen molar-refractivity contribution in [3.8, 4) is 11.5 Å². The first-order valence-corrected chi connectivity index (χ1v) is 14.6. The minimum absolute atomic E-state index is 0.00353. The third-order valence-corrected chi connectivity index (χ3v) is 8.69. The van der Waals surface area contributed by atoms with Crippen molar-refractivity contribution in [1.29, 1.82) is 0 Å². The lowest BCUT2D eigenvalue weighted by Crippen LogP contribution is -2.47. The maximum atomic E-state index is 12.7. The van der Waals surface area contributed by atoms with Crippen LogP contribution in [0.4, 0.5) is 5.69 Å². The molecular formula is C34H39N5O2. The smallest absolute Gasteiger partial charge is 0.233 e. The van der Waals surface area contributed by atoms with Crippen molar-refractivity contribution in [2.75, 3.05) is 37.6 Å². The molecule has 212 valence electrons. The lowest BCUT2D eigenvalue weighted by molar-refractivity contribution is -0.122. The molecule has 1 unspecified atom stereocenters. The van der Waals surface area contributed by atoms with Crippen LogP contribution in [-0.2, 0) is 18.3 Å². The number of benzene rings is 3. The van der Waals surface area contributed by atoms with Gasteiger partial charge in [0.25, 0.3) is 0 Å². The Morgan fingerprint density at radius 3 is 2.51 bits per heavy atom. The van der Waals surface area contributed by atoms with Gasteiger partial charge in [0.15, 0.2) is 0 Å². The van der Waals surface area contributed by atoms with E-state index in [1.165, 1.54) is 22.4 Å². The summed E-state index contributed by atoms with van der Waals surface area (Å²) in [6.07, 6.45) is 2.56. The number of hydrogen-bond donors (Lipinski definition) is 1. The molecule has 0 bridgehead atoms. The zero-order chi connectivity index (χ0) is 28.5. The van der Waals surface area contributed by atoms with Crippen LogP contribution < -0.4 is 15.0 Å². The van der Waals surface area contributed by atoms with Crippen molar-refractivity contribution >= 4 is 22.5 Å². The second kappa shape index (κ2) is 11.4. The molecule has 1 N–H and O–H groups in total. The molecule has 2 saturated heterocycles.